The third-order valence-electron chi connectivity index (χ3n) is 3.34. The van der Waals surface area contributed by atoms with Crippen LogP contribution in [0.25, 0.3) is 0 Å². The molecule has 0 saturated carbocycles. The molecule has 3 heteroatoms. The van der Waals surface area contributed by atoms with E-state index in [2.05, 4.69) is 30.2 Å². The lowest BCUT2D eigenvalue weighted by Crippen LogP contribution is -2.42. The summed E-state index contributed by atoms with van der Waals surface area (Å²) in [4.78, 5) is 4.36. The summed E-state index contributed by atoms with van der Waals surface area (Å²) >= 11 is 0. The first kappa shape index (κ1) is 14.1. The lowest BCUT2D eigenvalue weighted by molar-refractivity contribution is -0.0547. The van der Waals surface area contributed by atoms with Crippen molar-refractivity contribution in [1.29, 1.82) is 0 Å². The van der Waals surface area contributed by atoms with Crippen LogP contribution in [0.2, 0.25) is 0 Å². The van der Waals surface area contributed by atoms with Crippen LogP contribution >= 0.6 is 0 Å². The first-order chi connectivity index (χ1) is 8.07. The Kier molecular flexibility index (Phi) is 5.09. The van der Waals surface area contributed by atoms with Crippen LogP contribution in [0.5, 0.6) is 0 Å². The Hall–Kier alpha value is -0.930. The van der Waals surface area contributed by atoms with E-state index in [-0.39, 0.29) is 11.6 Å². The van der Waals surface area contributed by atoms with Crippen LogP contribution in [0.4, 0.5) is 0 Å². The number of nitrogens with zero attached hydrogens (tertiary/aromatic N) is 1. The third kappa shape index (κ3) is 3.27. The highest BCUT2D eigenvalue weighted by molar-refractivity contribution is 5.20. The third-order valence-corrected chi connectivity index (χ3v) is 3.34. The second kappa shape index (κ2) is 6.12. The lowest BCUT2D eigenvalue weighted by Gasteiger charge is -2.36. The quantitative estimate of drug-likeness (QED) is 0.824. The molecule has 0 radical (unpaired) electrons. The topological polar surface area (TPSA) is 34.1 Å². The van der Waals surface area contributed by atoms with Crippen molar-refractivity contribution in [2.45, 2.75) is 45.8 Å². The molecule has 2 unspecified atom stereocenters. The molecule has 1 aromatic heterocycles. The lowest BCUT2D eigenvalue weighted by atomic mass is 9.88. The van der Waals surface area contributed by atoms with Crippen LogP contribution in [0.3, 0.4) is 0 Å². The van der Waals surface area contributed by atoms with Gasteiger partial charge in [0, 0.05) is 18.5 Å². The minimum atomic E-state index is -0.194. The van der Waals surface area contributed by atoms with Gasteiger partial charge in [-0.1, -0.05) is 13.0 Å². The zero-order chi connectivity index (χ0) is 12.9. The van der Waals surface area contributed by atoms with Crippen LogP contribution in [0, 0.1) is 6.92 Å². The molecule has 0 aromatic carbocycles. The van der Waals surface area contributed by atoms with Gasteiger partial charge in [-0.25, -0.2) is 0 Å². The van der Waals surface area contributed by atoms with Crippen LogP contribution in [0.15, 0.2) is 18.3 Å². The average Bonchev–Trinajstić information content (AvgIpc) is 2.33. The fraction of sp³-hybridized carbons (Fsp3) is 0.643. The average molecular weight is 236 g/mol. The first-order valence-electron chi connectivity index (χ1n) is 6.31. The molecule has 1 heterocycles. The van der Waals surface area contributed by atoms with Gasteiger partial charge in [-0.2, -0.15) is 0 Å². The highest BCUT2D eigenvalue weighted by atomic mass is 16.5. The molecule has 1 N–H and O–H groups in total. The fourth-order valence-electron chi connectivity index (χ4n) is 2.19. The molecule has 1 aromatic rings. The Morgan fingerprint density at radius 1 is 1.41 bits per heavy atom. The van der Waals surface area contributed by atoms with E-state index in [1.165, 1.54) is 5.56 Å². The van der Waals surface area contributed by atoms with Crippen molar-refractivity contribution in [2.75, 3.05) is 13.7 Å². The second-order valence-electron chi connectivity index (χ2n) is 4.55. The number of aromatic nitrogens is 1. The Bertz CT molecular complexity index is 337. The van der Waals surface area contributed by atoms with Gasteiger partial charge in [-0.3, -0.25) is 4.98 Å². The van der Waals surface area contributed by atoms with Crippen LogP contribution in [-0.2, 0) is 4.74 Å². The number of ether oxygens (including phenoxy) is 1. The van der Waals surface area contributed by atoms with Crippen molar-refractivity contribution < 1.29 is 4.74 Å². The number of aryl methyl sites for hydroxylation is 1. The number of pyridine rings is 1. The van der Waals surface area contributed by atoms with E-state index < -0.39 is 0 Å². The molecule has 0 amide bonds. The minimum Gasteiger partial charge on any atom is -0.374 e. The Morgan fingerprint density at radius 2 is 2.12 bits per heavy atom. The van der Waals surface area contributed by atoms with Crippen molar-refractivity contribution in [3.05, 3.63) is 29.6 Å². The minimum absolute atomic E-state index is 0.167. The molecule has 2 atom stereocenters. The molecule has 17 heavy (non-hydrogen) atoms. The number of nitrogens with one attached hydrogen (secondary N) is 1. The Morgan fingerprint density at radius 3 is 2.53 bits per heavy atom. The molecule has 0 saturated heterocycles. The maximum absolute atomic E-state index is 5.93. The molecule has 0 fully saturated rings. The van der Waals surface area contributed by atoms with Crippen molar-refractivity contribution in [3.8, 4) is 0 Å². The zero-order valence-corrected chi connectivity index (χ0v) is 11.6. The van der Waals surface area contributed by atoms with E-state index in [1.807, 2.05) is 33.2 Å². The summed E-state index contributed by atoms with van der Waals surface area (Å²) in [7, 11) is 1.97. The molecule has 0 bridgehead atoms. The number of rotatable bonds is 6. The normalized spacial score (nSPS) is 16.5. The van der Waals surface area contributed by atoms with E-state index in [1.54, 1.807) is 0 Å². The molecule has 3 nitrogen and oxygen atoms in total. The molecule has 0 spiro atoms. The predicted octanol–water partition coefficient (Wildman–Crippen LogP) is 2.86. The maximum Gasteiger partial charge on any atom is 0.0846 e. The Labute approximate surface area is 105 Å². The SMILES string of the molecule is CCOC(C)(CC)C(NC)c1ccc(C)nc1. The van der Waals surface area contributed by atoms with Gasteiger partial charge >= 0.3 is 0 Å². The summed E-state index contributed by atoms with van der Waals surface area (Å²) in [6.07, 6.45) is 2.89. The van der Waals surface area contributed by atoms with Gasteiger partial charge in [0.1, 0.15) is 0 Å². The van der Waals surface area contributed by atoms with Crippen molar-refractivity contribution in [1.82, 2.24) is 10.3 Å². The summed E-state index contributed by atoms with van der Waals surface area (Å²) in [5.74, 6) is 0. The molecule has 0 aliphatic heterocycles. The number of likely N-dealkylation sites (N-methyl/N-ethyl adjacent to an activating group) is 1. The standard InChI is InChI=1S/C14H24N2O/c1-6-14(4,17-7-2)13(15-5)12-9-8-11(3)16-10-12/h8-10,13,15H,6-7H2,1-5H3. The van der Waals surface area contributed by atoms with Crippen molar-refractivity contribution >= 4 is 0 Å². The summed E-state index contributed by atoms with van der Waals surface area (Å²) in [6.45, 7) is 9.06. The smallest absolute Gasteiger partial charge is 0.0846 e. The van der Waals surface area contributed by atoms with Crippen LogP contribution in [0.1, 0.15) is 44.5 Å². The summed E-state index contributed by atoms with van der Waals surface area (Å²) in [5, 5.41) is 3.35. The van der Waals surface area contributed by atoms with Gasteiger partial charge < -0.3 is 10.1 Å². The van der Waals surface area contributed by atoms with Gasteiger partial charge in [0.25, 0.3) is 0 Å². The van der Waals surface area contributed by atoms with Gasteiger partial charge in [-0.15, -0.1) is 0 Å². The van der Waals surface area contributed by atoms with Gasteiger partial charge in [0.2, 0.25) is 0 Å². The molecule has 0 aliphatic rings. The van der Waals surface area contributed by atoms with Crippen molar-refractivity contribution in [3.63, 3.8) is 0 Å². The highest BCUT2D eigenvalue weighted by Crippen LogP contribution is 2.31. The van der Waals surface area contributed by atoms with E-state index in [0.29, 0.717) is 0 Å². The monoisotopic (exact) mass is 236 g/mol. The van der Waals surface area contributed by atoms with Crippen LogP contribution < -0.4 is 5.32 Å². The number of hydrogen-bond acceptors (Lipinski definition) is 3. The first-order valence-corrected chi connectivity index (χ1v) is 6.31. The van der Waals surface area contributed by atoms with E-state index in [4.69, 9.17) is 4.74 Å². The second-order valence-corrected chi connectivity index (χ2v) is 4.55. The van der Waals surface area contributed by atoms with Gasteiger partial charge in [-0.05, 0) is 45.9 Å². The zero-order valence-electron chi connectivity index (χ0n) is 11.6. The van der Waals surface area contributed by atoms with E-state index in [9.17, 15) is 0 Å². The predicted molar refractivity (Wildman–Crippen MR) is 71.1 cm³/mol. The van der Waals surface area contributed by atoms with Crippen molar-refractivity contribution in [2.24, 2.45) is 0 Å². The Balaban J connectivity index is 3.00. The number of hydrogen-bond donors (Lipinski definition) is 1. The maximum atomic E-state index is 5.93. The van der Waals surface area contributed by atoms with Gasteiger partial charge in [0.15, 0.2) is 0 Å². The van der Waals surface area contributed by atoms with Crippen LogP contribution in [-0.4, -0.2) is 24.2 Å². The largest absolute Gasteiger partial charge is 0.374 e. The summed E-state index contributed by atoms with van der Waals surface area (Å²) < 4.78 is 5.93. The van der Waals surface area contributed by atoms with E-state index >= 15 is 0 Å². The fourth-order valence-corrected chi connectivity index (χ4v) is 2.19. The summed E-state index contributed by atoms with van der Waals surface area (Å²) in [6, 6.07) is 4.33. The molecular weight excluding hydrogens is 212 g/mol. The molecule has 96 valence electrons. The molecular formula is C14H24N2O. The molecule has 0 aliphatic carbocycles. The van der Waals surface area contributed by atoms with E-state index in [0.717, 1.165) is 18.7 Å². The highest BCUT2D eigenvalue weighted by Gasteiger charge is 2.33. The van der Waals surface area contributed by atoms with Gasteiger partial charge in [0.05, 0.1) is 11.6 Å². The summed E-state index contributed by atoms with van der Waals surface area (Å²) in [5.41, 5.74) is 2.02. The molecule has 1 rings (SSSR count).